The van der Waals surface area contributed by atoms with Crippen molar-refractivity contribution in [3.05, 3.63) is 75.6 Å². The molecule has 1 heterocycles. The van der Waals surface area contributed by atoms with E-state index in [1.807, 2.05) is 6.07 Å². The molecule has 5 nitrogen and oxygen atoms in total. The molecule has 0 radical (unpaired) electrons. The minimum atomic E-state index is -0.195. The molecule has 148 valence electrons. The number of amides is 1. The third-order valence-corrected chi connectivity index (χ3v) is 6.12. The van der Waals surface area contributed by atoms with Crippen LogP contribution in [0.25, 0.3) is 10.9 Å². The van der Waals surface area contributed by atoms with E-state index in [9.17, 15) is 9.59 Å². The molecule has 29 heavy (non-hydrogen) atoms. The number of rotatable bonds is 6. The molecule has 1 aliphatic rings. The van der Waals surface area contributed by atoms with Crippen molar-refractivity contribution >= 4 is 45.9 Å². The molecule has 1 aromatic heterocycles. The Morgan fingerprint density at radius 1 is 1.24 bits per heavy atom. The molecule has 0 unspecified atom stereocenters. The van der Waals surface area contributed by atoms with Crippen molar-refractivity contribution in [2.24, 2.45) is 0 Å². The fourth-order valence-corrected chi connectivity index (χ4v) is 4.53. The zero-order chi connectivity index (χ0) is 20.4. The van der Waals surface area contributed by atoms with Crippen LogP contribution in [0.1, 0.15) is 17.5 Å². The summed E-state index contributed by atoms with van der Waals surface area (Å²) in [5.41, 5.74) is 3.84. The number of nitrogens with zero attached hydrogens (tertiary/aromatic N) is 2. The molecular weight excluding hydrogens is 406 g/mol. The number of aromatic nitrogens is 2. The molecule has 1 amide bonds. The molecule has 0 spiro atoms. The standard InChI is InChI=1S/C22H20ClN3O2S/c1-2-10-26-21(28)18-12-16(23)7-9-19(18)25-22(26)29-13-20(27)24-17-8-6-14-4-3-5-15(14)11-17/h2,6-9,11-12H,1,3-5,10,13H2,(H,24,27). The molecule has 4 rings (SSSR count). The summed E-state index contributed by atoms with van der Waals surface area (Å²) in [4.78, 5) is 29.9. The second-order valence-electron chi connectivity index (χ2n) is 6.93. The third kappa shape index (κ3) is 4.23. The number of hydrogen-bond acceptors (Lipinski definition) is 4. The molecule has 1 aliphatic carbocycles. The summed E-state index contributed by atoms with van der Waals surface area (Å²) in [6, 6.07) is 11.1. The van der Waals surface area contributed by atoms with E-state index >= 15 is 0 Å². The normalized spacial score (nSPS) is 12.7. The number of anilines is 1. The fraction of sp³-hybridized carbons (Fsp3) is 0.227. The first-order chi connectivity index (χ1) is 14.0. The Labute approximate surface area is 177 Å². The first-order valence-corrected chi connectivity index (χ1v) is 10.8. The monoisotopic (exact) mass is 425 g/mol. The maximum Gasteiger partial charge on any atom is 0.262 e. The van der Waals surface area contributed by atoms with Gasteiger partial charge in [0.25, 0.3) is 5.56 Å². The fourth-order valence-electron chi connectivity index (χ4n) is 3.55. The molecule has 3 aromatic rings. The SMILES string of the molecule is C=CCn1c(SCC(=O)Nc2ccc3c(c2)CCC3)nc2ccc(Cl)cc2c1=O. The zero-order valence-electron chi connectivity index (χ0n) is 15.8. The maximum absolute atomic E-state index is 12.8. The third-order valence-electron chi connectivity index (χ3n) is 4.91. The quantitative estimate of drug-likeness (QED) is 0.360. The molecule has 7 heteroatoms. The minimum Gasteiger partial charge on any atom is -0.325 e. The first kappa shape index (κ1) is 19.7. The van der Waals surface area contributed by atoms with E-state index in [4.69, 9.17) is 11.6 Å². The van der Waals surface area contributed by atoms with E-state index in [0.29, 0.717) is 27.6 Å². The topological polar surface area (TPSA) is 64.0 Å². The van der Waals surface area contributed by atoms with Crippen LogP contribution < -0.4 is 10.9 Å². The number of allylic oxidation sites excluding steroid dienone is 1. The van der Waals surface area contributed by atoms with Crippen LogP contribution in [0.4, 0.5) is 5.69 Å². The number of thioether (sulfide) groups is 1. The van der Waals surface area contributed by atoms with Crippen molar-refractivity contribution < 1.29 is 4.79 Å². The highest BCUT2D eigenvalue weighted by molar-refractivity contribution is 7.99. The predicted molar refractivity (Wildman–Crippen MR) is 119 cm³/mol. The van der Waals surface area contributed by atoms with E-state index < -0.39 is 0 Å². The summed E-state index contributed by atoms with van der Waals surface area (Å²) in [7, 11) is 0. The van der Waals surface area contributed by atoms with Crippen LogP contribution in [-0.2, 0) is 24.2 Å². The molecular formula is C22H20ClN3O2S. The number of nitrogens with one attached hydrogen (secondary N) is 1. The molecule has 2 aromatic carbocycles. The number of hydrogen-bond donors (Lipinski definition) is 1. The largest absolute Gasteiger partial charge is 0.325 e. The summed E-state index contributed by atoms with van der Waals surface area (Å²) in [6.45, 7) is 4.02. The molecule has 0 saturated carbocycles. The van der Waals surface area contributed by atoms with Gasteiger partial charge in [-0.2, -0.15) is 0 Å². The number of benzene rings is 2. The van der Waals surface area contributed by atoms with Gasteiger partial charge in [0.1, 0.15) is 0 Å². The van der Waals surface area contributed by atoms with Crippen molar-refractivity contribution in [3.63, 3.8) is 0 Å². The lowest BCUT2D eigenvalue weighted by Crippen LogP contribution is -2.23. The number of aryl methyl sites for hydroxylation is 2. The molecule has 1 N–H and O–H groups in total. The lowest BCUT2D eigenvalue weighted by Gasteiger charge is -2.12. The average Bonchev–Trinajstić information content (AvgIpc) is 3.17. The van der Waals surface area contributed by atoms with Crippen LogP contribution in [0.2, 0.25) is 5.02 Å². The molecule has 0 bridgehead atoms. The highest BCUT2D eigenvalue weighted by Crippen LogP contribution is 2.25. The van der Waals surface area contributed by atoms with Crippen molar-refractivity contribution in [1.82, 2.24) is 9.55 Å². The van der Waals surface area contributed by atoms with Gasteiger partial charge in [-0.15, -0.1) is 6.58 Å². The van der Waals surface area contributed by atoms with Crippen molar-refractivity contribution in [3.8, 4) is 0 Å². The maximum atomic E-state index is 12.8. The van der Waals surface area contributed by atoms with Crippen LogP contribution >= 0.6 is 23.4 Å². The van der Waals surface area contributed by atoms with Crippen LogP contribution in [0.15, 0.2) is 59.0 Å². The zero-order valence-corrected chi connectivity index (χ0v) is 17.4. The highest BCUT2D eigenvalue weighted by Gasteiger charge is 2.15. The highest BCUT2D eigenvalue weighted by atomic mass is 35.5. The molecule has 0 atom stereocenters. The Balaban J connectivity index is 1.53. The number of fused-ring (bicyclic) bond motifs is 2. The van der Waals surface area contributed by atoms with Gasteiger partial charge in [0.2, 0.25) is 5.91 Å². The van der Waals surface area contributed by atoms with Gasteiger partial charge < -0.3 is 5.32 Å². The molecule has 0 aliphatic heterocycles. The van der Waals surface area contributed by atoms with E-state index in [1.165, 1.54) is 33.9 Å². The van der Waals surface area contributed by atoms with E-state index in [0.717, 1.165) is 18.5 Å². The van der Waals surface area contributed by atoms with Gasteiger partial charge >= 0.3 is 0 Å². The predicted octanol–water partition coefficient (Wildman–Crippen LogP) is 4.46. The number of carbonyl (C=O) groups is 1. The van der Waals surface area contributed by atoms with Crippen LogP contribution in [0.3, 0.4) is 0 Å². The summed E-state index contributed by atoms with van der Waals surface area (Å²) in [6.07, 6.45) is 4.97. The van der Waals surface area contributed by atoms with Gasteiger partial charge in [-0.3, -0.25) is 14.2 Å². The number of halogens is 1. The Morgan fingerprint density at radius 3 is 2.90 bits per heavy atom. The Kier molecular flexibility index (Phi) is 5.74. The van der Waals surface area contributed by atoms with E-state index in [2.05, 4.69) is 29.0 Å². The summed E-state index contributed by atoms with van der Waals surface area (Å²) >= 11 is 7.25. The lowest BCUT2D eigenvalue weighted by molar-refractivity contribution is -0.113. The van der Waals surface area contributed by atoms with Crippen LogP contribution in [-0.4, -0.2) is 21.2 Å². The molecule has 0 saturated heterocycles. The average molecular weight is 426 g/mol. The van der Waals surface area contributed by atoms with Gasteiger partial charge in [0.05, 0.1) is 16.7 Å². The lowest BCUT2D eigenvalue weighted by atomic mass is 10.1. The van der Waals surface area contributed by atoms with E-state index in [-0.39, 0.29) is 17.2 Å². The van der Waals surface area contributed by atoms with Crippen molar-refractivity contribution in [2.75, 3.05) is 11.1 Å². The Bertz CT molecular complexity index is 1170. The summed E-state index contributed by atoms with van der Waals surface area (Å²) in [5, 5.41) is 4.35. The Hall–Kier alpha value is -2.57. The van der Waals surface area contributed by atoms with Gasteiger partial charge in [0, 0.05) is 17.3 Å². The smallest absolute Gasteiger partial charge is 0.262 e. The van der Waals surface area contributed by atoms with Crippen LogP contribution in [0.5, 0.6) is 0 Å². The second kappa shape index (κ2) is 8.43. The van der Waals surface area contributed by atoms with Crippen molar-refractivity contribution in [2.45, 2.75) is 31.0 Å². The van der Waals surface area contributed by atoms with Gasteiger partial charge in [-0.1, -0.05) is 35.5 Å². The van der Waals surface area contributed by atoms with Gasteiger partial charge in [0.15, 0.2) is 5.16 Å². The van der Waals surface area contributed by atoms with Gasteiger partial charge in [-0.05, 0) is 60.7 Å². The van der Waals surface area contributed by atoms with Gasteiger partial charge in [-0.25, -0.2) is 4.98 Å². The van der Waals surface area contributed by atoms with Crippen molar-refractivity contribution in [1.29, 1.82) is 0 Å². The first-order valence-electron chi connectivity index (χ1n) is 9.40. The second-order valence-corrected chi connectivity index (χ2v) is 8.31. The summed E-state index contributed by atoms with van der Waals surface area (Å²) < 4.78 is 1.51. The Morgan fingerprint density at radius 2 is 2.07 bits per heavy atom. The number of carbonyl (C=O) groups excluding carboxylic acids is 1. The molecule has 0 fully saturated rings. The summed E-state index contributed by atoms with van der Waals surface area (Å²) in [5.74, 6) is 0.0169. The van der Waals surface area contributed by atoms with Crippen LogP contribution in [0, 0.1) is 0 Å². The minimum absolute atomic E-state index is 0.136. The van der Waals surface area contributed by atoms with E-state index in [1.54, 1.807) is 24.3 Å².